The summed E-state index contributed by atoms with van der Waals surface area (Å²) < 4.78 is 6.74. The van der Waals surface area contributed by atoms with Crippen LogP contribution in [-0.2, 0) is 11.3 Å². The molecule has 2 aromatic heterocycles. The van der Waals surface area contributed by atoms with E-state index in [1.807, 2.05) is 13.8 Å². The number of pyridine rings is 2. The summed E-state index contributed by atoms with van der Waals surface area (Å²) in [5, 5.41) is 3.07. The Kier molecular flexibility index (Phi) is 5.54. The average molecular weight is 379 g/mol. The number of anilines is 1. The Morgan fingerprint density at radius 1 is 1.18 bits per heavy atom. The van der Waals surface area contributed by atoms with Gasteiger partial charge >= 0.3 is 5.97 Å². The normalized spacial score (nSPS) is 10.7. The molecule has 3 aromatic rings. The van der Waals surface area contributed by atoms with Crippen LogP contribution < -0.4 is 10.7 Å². The number of hydrogen-bond donors (Lipinski definition) is 1. The third-order valence-corrected chi connectivity index (χ3v) is 4.28. The Hall–Kier alpha value is -3.48. The number of carbonyl (C=O) groups is 2. The number of ether oxygens (including phenoxy) is 1. The number of benzene rings is 1. The summed E-state index contributed by atoms with van der Waals surface area (Å²) in [5.74, 6) is -1.02. The van der Waals surface area contributed by atoms with Crippen molar-refractivity contribution in [1.82, 2.24) is 9.55 Å². The van der Waals surface area contributed by atoms with Crippen LogP contribution in [0.1, 0.15) is 40.3 Å². The fourth-order valence-corrected chi connectivity index (χ4v) is 2.90. The van der Waals surface area contributed by atoms with Gasteiger partial charge in [-0.25, -0.2) is 9.78 Å². The Balaban J connectivity index is 1.97. The molecule has 0 aliphatic heterocycles. The van der Waals surface area contributed by atoms with E-state index in [2.05, 4.69) is 10.3 Å². The van der Waals surface area contributed by atoms with Gasteiger partial charge in [-0.3, -0.25) is 9.59 Å². The van der Waals surface area contributed by atoms with Crippen LogP contribution >= 0.6 is 0 Å². The summed E-state index contributed by atoms with van der Waals surface area (Å²) in [6, 6.07) is 9.82. The quantitative estimate of drug-likeness (QED) is 0.688. The van der Waals surface area contributed by atoms with Crippen molar-refractivity contribution in [2.24, 2.45) is 0 Å². The van der Waals surface area contributed by atoms with Gasteiger partial charge in [0.05, 0.1) is 17.6 Å². The van der Waals surface area contributed by atoms with E-state index in [0.717, 1.165) is 5.69 Å². The molecular formula is C21H21N3O4. The largest absolute Gasteiger partial charge is 0.462 e. The summed E-state index contributed by atoms with van der Waals surface area (Å²) in [6.45, 7) is 6.31. The smallest absolute Gasteiger partial charge is 0.338 e. The highest BCUT2D eigenvalue weighted by atomic mass is 16.5. The summed E-state index contributed by atoms with van der Waals surface area (Å²) >= 11 is 0. The lowest BCUT2D eigenvalue weighted by molar-refractivity contribution is 0.0526. The second-order valence-corrected chi connectivity index (χ2v) is 6.24. The molecule has 0 fully saturated rings. The Bertz CT molecular complexity index is 1120. The molecule has 0 aliphatic rings. The molecule has 0 bridgehead atoms. The van der Waals surface area contributed by atoms with Gasteiger partial charge < -0.3 is 14.6 Å². The molecule has 7 nitrogen and oxygen atoms in total. The van der Waals surface area contributed by atoms with Crippen LogP contribution in [0.25, 0.3) is 11.0 Å². The van der Waals surface area contributed by atoms with E-state index >= 15 is 0 Å². The molecule has 28 heavy (non-hydrogen) atoms. The predicted octanol–water partition coefficient (Wildman–Crippen LogP) is 3.15. The van der Waals surface area contributed by atoms with Gasteiger partial charge in [0.25, 0.3) is 5.91 Å². The molecule has 0 aliphatic carbocycles. The maximum Gasteiger partial charge on any atom is 0.338 e. The van der Waals surface area contributed by atoms with E-state index in [1.165, 1.54) is 12.3 Å². The Labute approximate surface area is 162 Å². The summed E-state index contributed by atoms with van der Waals surface area (Å²) in [6.07, 6.45) is 1.52. The highest BCUT2D eigenvalue weighted by Crippen LogP contribution is 2.15. The number of amides is 1. The third kappa shape index (κ3) is 3.78. The number of aryl methyl sites for hydroxylation is 2. The lowest BCUT2D eigenvalue weighted by atomic mass is 10.1. The van der Waals surface area contributed by atoms with Gasteiger partial charge in [0, 0.05) is 24.1 Å². The van der Waals surface area contributed by atoms with Gasteiger partial charge in [0.1, 0.15) is 11.2 Å². The van der Waals surface area contributed by atoms with Crippen molar-refractivity contribution >= 4 is 28.6 Å². The molecule has 0 atom stereocenters. The van der Waals surface area contributed by atoms with Crippen molar-refractivity contribution in [1.29, 1.82) is 0 Å². The molecular weight excluding hydrogens is 358 g/mol. The molecule has 7 heteroatoms. The second kappa shape index (κ2) is 8.04. The van der Waals surface area contributed by atoms with Gasteiger partial charge in [-0.05, 0) is 51.1 Å². The molecule has 0 unspecified atom stereocenters. The molecule has 1 N–H and O–H groups in total. The van der Waals surface area contributed by atoms with Crippen LogP contribution in [-0.4, -0.2) is 28.0 Å². The van der Waals surface area contributed by atoms with Gasteiger partial charge in [0.2, 0.25) is 5.43 Å². The third-order valence-electron chi connectivity index (χ3n) is 4.28. The molecule has 1 amide bonds. The monoisotopic (exact) mass is 379 g/mol. The molecule has 144 valence electrons. The predicted molar refractivity (Wildman–Crippen MR) is 107 cm³/mol. The first-order valence-corrected chi connectivity index (χ1v) is 9.04. The van der Waals surface area contributed by atoms with E-state index < -0.39 is 11.9 Å². The molecule has 1 aromatic carbocycles. The number of esters is 1. The van der Waals surface area contributed by atoms with Gasteiger partial charge in [-0.15, -0.1) is 0 Å². The van der Waals surface area contributed by atoms with Crippen LogP contribution in [0.3, 0.4) is 0 Å². The zero-order valence-corrected chi connectivity index (χ0v) is 16.0. The van der Waals surface area contributed by atoms with Gasteiger partial charge in [0.15, 0.2) is 0 Å². The minimum atomic E-state index is -0.546. The van der Waals surface area contributed by atoms with E-state index in [0.29, 0.717) is 28.8 Å². The Morgan fingerprint density at radius 2 is 1.96 bits per heavy atom. The van der Waals surface area contributed by atoms with E-state index in [9.17, 15) is 14.4 Å². The second-order valence-electron chi connectivity index (χ2n) is 6.24. The number of carbonyl (C=O) groups excluding carboxylic acids is 2. The van der Waals surface area contributed by atoms with E-state index in [4.69, 9.17) is 4.74 Å². The number of aromatic nitrogens is 2. The average Bonchev–Trinajstić information content (AvgIpc) is 2.68. The minimum Gasteiger partial charge on any atom is -0.462 e. The summed E-state index contributed by atoms with van der Waals surface area (Å²) in [4.78, 5) is 41.9. The van der Waals surface area contributed by atoms with Crippen molar-refractivity contribution < 1.29 is 14.3 Å². The van der Waals surface area contributed by atoms with Crippen molar-refractivity contribution in [3.05, 3.63) is 69.6 Å². The maximum atomic E-state index is 12.8. The van der Waals surface area contributed by atoms with Crippen LogP contribution in [0.15, 0.2) is 47.4 Å². The first kappa shape index (κ1) is 19.3. The molecule has 0 radical (unpaired) electrons. The SMILES string of the molecule is CCOC(=O)c1cccc(NC(=O)c2cn(CC)c3nc(C)ccc3c2=O)c1. The van der Waals surface area contributed by atoms with Crippen molar-refractivity contribution in [2.75, 3.05) is 11.9 Å². The molecule has 0 spiro atoms. The topological polar surface area (TPSA) is 90.3 Å². The first-order valence-electron chi connectivity index (χ1n) is 9.04. The number of hydrogen-bond acceptors (Lipinski definition) is 5. The molecule has 2 heterocycles. The molecule has 3 rings (SSSR count). The fraction of sp³-hybridized carbons (Fsp3) is 0.238. The highest BCUT2D eigenvalue weighted by Gasteiger charge is 2.17. The lowest BCUT2D eigenvalue weighted by Crippen LogP contribution is -2.24. The van der Waals surface area contributed by atoms with Crippen molar-refractivity contribution in [2.45, 2.75) is 27.3 Å². The van der Waals surface area contributed by atoms with Crippen molar-refractivity contribution in [3.63, 3.8) is 0 Å². The number of fused-ring (bicyclic) bond motifs is 1. The van der Waals surface area contributed by atoms with Gasteiger partial charge in [-0.1, -0.05) is 6.07 Å². The van der Waals surface area contributed by atoms with E-state index in [1.54, 1.807) is 41.8 Å². The van der Waals surface area contributed by atoms with Crippen LogP contribution in [0.2, 0.25) is 0 Å². The summed E-state index contributed by atoms with van der Waals surface area (Å²) in [5.41, 5.74) is 1.70. The number of rotatable bonds is 5. The number of nitrogens with one attached hydrogen (secondary N) is 1. The van der Waals surface area contributed by atoms with Crippen LogP contribution in [0.4, 0.5) is 5.69 Å². The minimum absolute atomic E-state index is 0.0153. The van der Waals surface area contributed by atoms with Crippen LogP contribution in [0, 0.1) is 6.92 Å². The van der Waals surface area contributed by atoms with Crippen molar-refractivity contribution in [3.8, 4) is 0 Å². The van der Waals surface area contributed by atoms with Crippen LogP contribution in [0.5, 0.6) is 0 Å². The van der Waals surface area contributed by atoms with E-state index in [-0.39, 0.29) is 17.6 Å². The number of nitrogens with zero attached hydrogens (tertiary/aromatic N) is 2. The highest BCUT2D eigenvalue weighted by molar-refractivity contribution is 6.06. The Morgan fingerprint density at radius 3 is 2.68 bits per heavy atom. The first-order chi connectivity index (χ1) is 13.4. The van der Waals surface area contributed by atoms with Gasteiger partial charge in [-0.2, -0.15) is 0 Å². The zero-order chi connectivity index (χ0) is 20.3. The standard InChI is InChI=1S/C21H21N3O4/c1-4-24-12-17(18(25)16-10-9-13(3)22-19(16)24)20(26)23-15-8-6-7-14(11-15)21(27)28-5-2/h6-12H,4-5H2,1-3H3,(H,23,26). The maximum absolute atomic E-state index is 12.8. The fourth-order valence-electron chi connectivity index (χ4n) is 2.90. The zero-order valence-electron chi connectivity index (χ0n) is 16.0. The summed E-state index contributed by atoms with van der Waals surface area (Å²) in [7, 11) is 0. The lowest BCUT2D eigenvalue weighted by Gasteiger charge is -2.12. The molecule has 0 saturated heterocycles. The molecule has 0 saturated carbocycles.